The molecule has 1 fully saturated rings. The Hall–Kier alpha value is -1.12. The van der Waals surface area contributed by atoms with Crippen LogP contribution >= 0.6 is 0 Å². The van der Waals surface area contributed by atoms with Crippen LogP contribution in [0.25, 0.3) is 0 Å². The summed E-state index contributed by atoms with van der Waals surface area (Å²) in [5.74, 6) is 2.49. The maximum Gasteiger partial charge on any atom is 0.133 e. The number of anilines is 1. The summed E-state index contributed by atoms with van der Waals surface area (Å²) in [4.78, 5) is 8.80. The molecular weight excluding hydrogens is 174 g/mol. The molecule has 2 N–H and O–H groups in total. The fourth-order valence-electron chi connectivity index (χ4n) is 1.68. The van der Waals surface area contributed by atoms with Gasteiger partial charge in [0.15, 0.2) is 0 Å². The van der Waals surface area contributed by atoms with Crippen molar-refractivity contribution in [3.8, 4) is 0 Å². The molecule has 1 aliphatic carbocycles. The summed E-state index contributed by atoms with van der Waals surface area (Å²) in [5, 5.41) is 0. The zero-order chi connectivity index (χ0) is 10.1. The van der Waals surface area contributed by atoms with E-state index >= 15 is 0 Å². The van der Waals surface area contributed by atoms with E-state index < -0.39 is 0 Å². The predicted molar refractivity (Wildman–Crippen MR) is 57.1 cm³/mol. The Balaban J connectivity index is 2.30. The Kier molecular flexibility index (Phi) is 2.40. The number of aromatic nitrogens is 2. The quantitative estimate of drug-likeness (QED) is 0.781. The molecule has 1 aromatic heterocycles. The van der Waals surface area contributed by atoms with E-state index in [0.717, 1.165) is 11.5 Å². The van der Waals surface area contributed by atoms with Crippen molar-refractivity contribution >= 4 is 5.82 Å². The van der Waals surface area contributed by atoms with Crippen LogP contribution in [0.1, 0.15) is 56.5 Å². The fraction of sp³-hybridized carbons (Fsp3) is 0.636. The van der Waals surface area contributed by atoms with Gasteiger partial charge in [-0.15, -0.1) is 0 Å². The van der Waals surface area contributed by atoms with Gasteiger partial charge in [0, 0.05) is 23.6 Å². The van der Waals surface area contributed by atoms with Crippen LogP contribution in [0.5, 0.6) is 0 Å². The lowest BCUT2D eigenvalue weighted by Gasteiger charge is -2.25. The average molecular weight is 191 g/mol. The molecule has 1 aromatic rings. The molecule has 0 aromatic carbocycles. The Labute approximate surface area is 84.8 Å². The zero-order valence-electron chi connectivity index (χ0n) is 8.83. The predicted octanol–water partition coefficient (Wildman–Crippen LogP) is 2.45. The lowest BCUT2D eigenvalue weighted by atomic mass is 9.83. The second-order valence-corrected chi connectivity index (χ2v) is 4.36. The average Bonchev–Trinajstić information content (AvgIpc) is 1.99. The fourth-order valence-corrected chi connectivity index (χ4v) is 1.68. The molecule has 76 valence electrons. The van der Waals surface area contributed by atoms with Gasteiger partial charge < -0.3 is 5.73 Å². The highest BCUT2D eigenvalue weighted by Crippen LogP contribution is 2.35. The van der Waals surface area contributed by atoms with Crippen LogP contribution in [0.2, 0.25) is 0 Å². The van der Waals surface area contributed by atoms with E-state index in [-0.39, 0.29) is 0 Å². The van der Waals surface area contributed by atoms with Crippen LogP contribution in [0.15, 0.2) is 6.07 Å². The molecule has 3 nitrogen and oxygen atoms in total. The molecule has 0 amide bonds. The van der Waals surface area contributed by atoms with Crippen molar-refractivity contribution in [3.63, 3.8) is 0 Å². The number of nitrogen functional groups attached to an aromatic ring is 1. The van der Waals surface area contributed by atoms with E-state index in [4.69, 9.17) is 5.73 Å². The maximum absolute atomic E-state index is 5.76. The number of nitrogens with zero attached hydrogens (tertiary/aromatic N) is 2. The van der Waals surface area contributed by atoms with Crippen LogP contribution < -0.4 is 5.73 Å². The zero-order valence-corrected chi connectivity index (χ0v) is 8.83. The van der Waals surface area contributed by atoms with Gasteiger partial charge in [-0.05, 0) is 12.8 Å². The van der Waals surface area contributed by atoms with Crippen LogP contribution in [-0.4, -0.2) is 9.97 Å². The largest absolute Gasteiger partial charge is 0.384 e. The smallest absolute Gasteiger partial charge is 0.133 e. The monoisotopic (exact) mass is 191 g/mol. The molecule has 1 saturated carbocycles. The molecule has 14 heavy (non-hydrogen) atoms. The number of nitrogens with two attached hydrogens (primary N) is 1. The molecule has 0 atom stereocenters. The second kappa shape index (κ2) is 3.56. The third-order valence-electron chi connectivity index (χ3n) is 2.82. The third kappa shape index (κ3) is 1.72. The molecule has 2 rings (SSSR count). The highest BCUT2D eigenvalue weighted by molar-refractivity contribution is 5.32. The van der Waals surface area contributed by atoms with E-state index in [1.165, 1.54) is 19.3 Å². The normalized spacial score (nSPS) is 17.1. The highest BCUT2D eigenvalue weighted by Gasteiger charge is 2.22. The van der Waals surface area contributed by atoms with Gasteiger partial charge in [0.1, 0.15) is 11.6 Å². The topological polar surface area (TPSA) is 51.8 Å². The van der Waals surface area contributed by atoms with Crippen molar-refractivity contribution in [2.75, 3.05) is 5.73 Å². The van der Waals surface area contributed by atoms with Gasteiger partial charge in [-0.3, -0.25) is 0 Å². The summed E-state index contributed by atoms with van der Waals surface area (Å²) >= 11 is 0. The first kappa shape index (κ1) is 9.44. The minimum Gasteiger partial charge on any atom is -0.384 e. The SMILES string of the molecule is CC(C)c1nc(N)cc(C2CCC2)n1. The van der Waals surface area contributed by atoms with Crippen molar-refractivity contribution in [1.29, 1.82) is 0 Å². The van der Waals surface area contributed by atoms with Crippen LogP contribution in [-0.2, 0) is 0 Å². The number of hydrogen-bond donors (Lipinski definition) is 1. The van der Waals surface area contributed by atoms with E-state index in [9.17, 15) is 0 Å². The van der Waals surface area contributed by atoms with Crippen molar-refractivity contribution in [2.45, 2.75) is 44.9 Å². The highest BCUT2D eigenvalue weighted by atomic mass is 15.0. The third-order valence-corrected chi connectivity index (χ3v) is 2.82. The molecular formula is C11H17N3. The van der Waals surface area contributed by atoms with Gasteiger partial charge in [-0.25, -0.2) is 9.97 Å². The van der Waals surface area contributed by atoms with Gasteiger partial charge in [-0.2, -0.15) is 0 Å². The molecule has 0 aliphatic heterocycles. The Morgan fingerprint density at radius 1 is 1.36 bits per heavy atom. The first-order valence-electron chi connectivity index (χ1n) is 5.31. The second-order valence-electron chi connectivity index (χ2n) is 4.36. The van der Waals surface area contributed by atoms with E-state index in [0.29, 0.717) is 17.7 Å². The summed E-state index contributed by atoms with van der Waals surface area (Å²) in [5.41, 5.74) is 6.91. The van der Waals surface area contributed by atoms with Crippen molar-refractivity contribution in [1.82, 2.24) is 9.97 Å². The summed E-state index contributed by atoms with van der Waals surface area (Å²) in [6, 6.07) is 1.93. The van der Waals surface area contributed by atoms with Crippen LogP contribution in [0.4, 0.5) is 5.82 Å². The summed E-state index contributed by atoms with van der Waals surface area (Å²) in [6.45, 7) is 4.19. The number of hydrogen-bond acceptors (Lipinski definition) is 3. The minimum atomic E-state index is 0.359. The maximum atomic E-state index is 5.76. The number of rotatable bonds is 2. The molecule has 0 saturated heterocycles. The summed E-state index contributed by atoms with van der Waals surface area (Å²) in [6.07, 6.45) is 3.84. The first-order valence-corrected chi connectivity index (χ1v) is 5.31. The Morgan fingerprint density at radius 3 is 2.57 bits per heavy atom. The first-order chi connectivity index (χ1) is 6.66. The molecule has 0 radical (unpaired) electrons. The van der Waals surface area contributed by atoms with Crippen molar-refractivity contribution in [3.05, 3.63) is 17.6 Å². The van der Waals surface area contributed by atoms with Crippen LogP contribution in [0, 0.1) is 0 Å². The molecule has 1 aliphatic rings. The van der Waals surface area contributed by atoms with Gasteiger partial charge in [-0.1, -0.05) is 20.3 Å². The van der Waals surface area contributed by atoms with Gasteiger partial charge in [0.2, 0.25) is 0 Å². The summed E-state index contributed by atoms with van der Waals surface area (Å²) in [7, 11) is 0. The minimum absolute atomic E-state index is 0.359. The molecule has 0 unspecified atom stereocenters. The molecule has 3 heteroatoms. The summed E-state index contributed by atoms with van der Waals surface area (Å²) < 4.78 is 0. The van der Waals surface area contributed by atoms with E-state index in [2.05, 4.69) is 23.8 Å². The van der Waals surface area contributed by atoms with E-state index in [1.54, 1.807) is 0 Å². The van der Waals surface area contributed by atoms with Gasteiger partial charge in [0.05, 0.1) is 0 Å². The standard InChI is InChI=1S/C11H17N3/c1-7(2)11-13-9(6-10(12)14-11)8-4-3-5-8/h6-8H,3-5H2,1-2H3,(H2,12,13,14). The Bertz CT molecular complexity index is 329. The van der Waals surface area contributed by atoms with Gasteiger partial charge in [0.25, 0.3) is 0 Å². The van der Waals surface area contributed by atoms with Crippen LogP contribution in [0.3, 0.4) is 0 Å². The molecule has 0 bridgehead atoms. The molecule has 1 heterocycles. The van der Waals surface area contributed by atoms with Gasteiger partial charge >= 0.3 is 0 Å². The van der Waals surface area contributed by atoms with Crippen molar-refractivity contribution in [2.24, 2.45) is 0 Å². The lowest BCUT2D eigenvalue weighted by molar-refractivity contribution is 0.409. The van der Waals surface area contributed by atoms with E-state index in [1.807, 2.05) is 6.07 Å². The lowest BCUT2D eigenvalue weighted by Crippen LogP contribution is -2.13. The Morgan fingerprint density at radius 2 is 2.07 bits per heavy atom. The molecule has 0 spiro atoms. The van der Waals surface area contributed by atoms with Crippen molar-refractivity contribution < 1.29 is 0 Å².